The van der Waals surface area contributed by atoms with Gasteiger partial charge in [0.2, 0.25) is 5.91 Å². The second-order valence-electron chi connectivity index (χ2n) is 8.09. The molecule has 2 aliphatic rings. The predicted octanol–water partition coefficient (Wildman–Crippen LogP) is 3.61. The molecule has 0 aliphatic carbocycles. The Morgan fingerprint density at radius 3 is 2.78 bits per heavy atom. The molecule has 2 aromatic rings. The van der Waals surface area contributed by atoms with Gasteiger partial charge in [0.15, 0.2) is 0 Å². The van der Waals surface area contributed by atoms with Crippen molar-refractivity contribution in [2.24, 2.45) is 0 Å². The highest BCUT2D eigenvalue weighted by Gasteiger charge is 2.37. The van der Waals surface area contributed by atoms with Gasteiger partial charge in [0.25, 0.3) is 5.91 Å². The number of hydrogen-bond acceptors (Lipinski definition) is 5. The van der Waals surface area contributed by atoms with Crippen molar-refractivity contribution in [1.82, 2.24) is 10.2 Å². The molecule has 4 rings (SSSR count). The number of nitrogens with one attached hydrogen (secondary N) is 2. The van der Waals surface area contributed by atoms with Crippen molar-refractivity contribution >= 4 is 29.1 Å². The van der Waals surface area contributed by atoms with Crippen LogP contribution in [-0.2, 0) is 4.79 Å². The number of nitrogens with zero attached hydrogens (tertiary/aromatic N) is 2. The highest BCUT2D eigenvalue weighted by molar-refractivity contribution is 6.32. The molecule has 2 aliphatic heterocycles. The van der Waals surface area contributed by atoms with Gasteiger partial charge in [-0.15, -0.1) is 0 Å². The molecule has 2 amide bonds. The van der Waals surface area contributed by atoms with E-state index in [0.29, 0.717) is 41.6 Å². The first-order chi connectivity index (χ1) is 15.5. The third-order valence-corrected chi connectivity index (χ3v) is 6.20. The van der Waals surface area contributed by atoms with E-state index in [9.17, 15) is 14.9 Å². The summed E-state index contributed by atoms with van der Waals surface area (Å²) in [7, 11) is 0. The van der Waals surface area contributed by atoms with E-state index in [1.54, 1.807) is 23.1 Å². The molecule has 32 heavy (non-hydrogen) atoms. The summed E-state index contributed by atoms with van der Waals surface area (Å²) in [5.41, 5.74) is 1.15. The van der Waals surface area contributed by atoms with Crippen molar-refractivity contribution in [2.45, 2.75) is 43.8 Å². The van der Waals surface area contributed by atoms with Crippen LogP contribution in [0.2, 0.25) is 5.02 Å². The van der Waals surface area contributed by atoms with Crippen LogP contribution in [0.3, 0.4) is 0 Å². The molecule has 8 heteroatoms. The predicted molar refractivity (Wildman–Crippen MR) is 122 cm³/mol. The third kappa shape index (κ3) is 5.04. The van der Waals surface area contributed by atoms with Crippen LogP contribution >= 0.6 is 11.6 Å². The lowest BCUT2D eigenvalue weighted by atomic mass is 10.1. The van der Waals surface area contributed by atoms with E-state index in [1.165, 1.54) is 0 Å². The number of likely N-dealkylation sites (tertiary alicyclic amines) is 1. The van der Waals surface area contributed by atoms with Crippen LogP contribution in [0.5, 0.6) is 5.75 Å². The minimum Gasteiger partial charge on any atom is -0.490 e. The Bertz CT molecular complexity index is 1020. The fraction of sp³-hybridized carbons (Fsp3) is 0.375. The van der Waals surface area contributed by atoms with Gasteiger partial charge in [-0.2, -0.15) is 5.26 Å². The van der Waals surface area contributed by atoms with E-state index in [4.69, 9.17) is 16.3 Å². The molecule has 2 fully saturated rings. The molecule has 2 saturated heterocycles. The topological polar surface area (TPSA) is 94.5 Å². The van der Waals surface area contributed by atoms with E-state index in [2.05, 4.69) is 16.7 Å². The van der Waals surface area contributed by atoms with Crippen LogP contribution < -0.4 is 15.4 Å². The van der Waals surface area contributed by atoms with Gasteiger partial charge in [0, 0.05) is 23.8 Å². The van der Waals surface area contributed by atoms with Crippen LogP contribution in [0.25, 0.3) is 0 Å². The van der Waals surface area contributed by atoms with Crippen LogP contribution in [-0.4, -0.2) is 48.0 Å². The number of anilines is 1. The van der Waals surface area contributed by atoms with E-state index < -0.39 is 0 Å². The SMILES string of the molecule is N#C[C@@H]1CCCN1C(=O)[C@@H]1CC[C@H](COc2cc(C(=O)Nc3ccccc3)ccc2Cl)N1. The van der Waals surface area contributed by atoms with E-state index in [1.807, 2.05) is 30.3 Å². The summed E-state index contributed by atoms with van der Waals surface area (Å²) in [6.45, 7) is 0.971. The number of amides is 2. The number of hydrogen-bond donors (Lipinski definition) is 2. The zero-order valence-corrected chi connectivity index (χ0v) is 18.3. The van der Waals surface area contributed by atoms with Gasteiger partial charge < -0.3 is 15.0 Å². The van der Waals surface area contributed by atoms with E-state index in [-0.39, 0.29) is 29.9 Å². The first-order valence-corrected chi connectivity index (χ1v) is 11.2. The highest BCUT2D eigenvalue weighted by atomic mass is 35.5. The summed E-state index contributed by atoms with van der Waals surface area (Å²) in [5.74, 6) is 0.169. The lowest BCUT2D eigenvalue weighted by Gasteiger charge is -2.24. The second kappa shape index (κ2) is 10.0. The van der Waals surface area contributed by atoms with Crippen LogP contribution in [0.1, 0.15) is 36.0 Å². The molecular weight excluding hydrogens is 428 g/mol. The normalized spacial score (nSPS) is 22.4. The van der Waals surface area contributed by atoms with Gasteiger partial charge in [-0.1, -0.05) is 29.8 Å². The number of ether oxygens (including phenoxy) is 1. The third-order valence-electron chi connectivity index (χ3n) is 5.89. The van der Waals surface area contributed by atoms with Gasteiger partial charge >= 0.3 is 0 Å². The van der Waals surface area contributed by atoms with Crippen LogP contribution in [0.4, 0.5) is 5.69 Å². The van der Waals surface area contributed by atoms with E-state index >= 15 is 0 Å². The van der Waals surface area contributed by atoms with Crippen LogP contribution in [0.15, 0.2) is 48.5 Å². The maximum absolute atomic E-state index is 12.8. The quantitative estimate of drug-likeness (QED) is 0.698. The molecule has 2 heterocycles. The Morgan fingerprint density at radius 2 is 2.00 bits per heavy atom. The number of nitriles is 1. The van der Waals surface area contributed by atoms with Gasteiger partial charge in [-0.3, -0.25) is 14.9 Å². The average molecular weight is 453 g/mol. The summed E-state index contributed by atoms with van der Waals surface area (Å²) in [5, 5.41) is 15.8. The first-order valence-electron chi connectivity index (χ1n) is 10.8. The summed E-state index contributed by atoms with van der Waals surface area (Å²) in [6, 6.07) is 15.7. The Balaban J connectivity index is 1.33. The summed E-state index contributed by atoms with van der Waals surface area (Å²) >= 11 is 6.28. The number of carbonyl (C=O) groups excluding carboxylic acids is 2. The first kappa shape index (κ1) is 22.1. The Hall–Kier alpha value is -3.08. The summed E-state index contributed by atoms with van der Waals surface area (Å²) in [6.07, 6.45) is 3.10. The molecule has 0 bridgehead atoms. The molecule has 0 saturated carbocycles. The summed E-state index contributed by atoms with van der Waals surface area (Å²) < 4.78 is 5.91. The smallest absolute Gasteiger partial charge is 0.255 e. The molecule has 2 aromatic carbocycles. The Morgan fingerprint density at radius 1 is 1.19 bits per heavy atom. The number of carbonyl (C=O) groups is 2. The van der Waals surface area contributed by atoms with Crippen molar-refractivity contribution < 1.29 is 14.3 Å². The molecule has 2 N–H and O–H groups in total. The van der Waals surface area contributed by atoms with Crippen molar-refractivity contribution in [3.63, 3.8) is 0 Å². The van der Waals surface area contributed by atoms with Crippen molar-refractivity contribution in [1.29, 1.82) is 5.26 Å². The van der Waals surface area contributed by atoms with Gasteiger partial charge in [0.1, 0.15) is 18.4 Å². The zero-order valence-electron chi connectivity index (χ0n) is 17.6. The van der Waals surface area contributed by atoms with Crippen molar-refractivity contribution in [3.8, 4) is 11.8 Å². The number of para-hydroxylation sites is 1. The Labute approximate surface area is 192 Å². The molecule has 166 valence electrons. The highest BCUT2D eigenvalue weighted by Crippen LogP contribution is 2.27. The zero-order chi connectivity index (χ0) is 22.5. The molecule has 7 nitrogen and oxygen atoms in total. The molecule has 0 unspecified atom stereocenters. The summed E-state index contributed by atoms with van der Waals surface area (Å²) in [4.78, 5) is 27.0. The van der Waals surface area contributed by atoms with E-state index in [0.717, 1.165) is 19.3 Å². The number of benzene rings is 2. The van der Waals surface area contributed by atoms with Crippen molar-refractivity contribution in [2.75, 3.05) is 18.5 Å². The minimum absolute atomic E-state index is 0.00540. The van der Waals surface area contributed by atoms with Crippen LogP contribution in [0, 0.1) is 11.3 Å². The molecule has 0 spiro atoms. The fourth-order valence-corrected chi connectivity index (χ4v) is 4.35. The van der Waals surface area contributed by atoms with Gasteiger partial charge in [-0.25, -0.2) is 0 Å². The standard InChI is InChI=1S/C24H25ClN4O3/c25-20-10-8-16(23(30)28-17-5-2-1-3-6-17)13-22(20)32-15-18-9-11-21(27-18)24(31)29-12-4-7-19(29)14-26/h1-3,5-6,8,10,13,18-19,21,27H,4,7,9,11-12,15H2,(H,28,30)/t18-,19+,21+/m1/s1. The maximum Gasteiger partial charge on any atom is 0.255 e. The number of halogens is 1. The maximum atomic E-state index is 12.8. The second-order valence-corrected chi connectivity index (χ2v) is 8.50. The number of rotatable bonds is 6. The average Bonchev–Trinajstić information content (AvgIpc) is 3.48. The van der Waals surface area contributed by atoms with Gasteiger partial charge in [0.05, 0.1) is 17.1 Å². The minimum atomic E-state index is -0.317. The molecule has 0 radical (unpaired) electrons. The lowest BCUT2D eigenvalue weighted by molar-refractivity contribution is -0.133. The fourth-order valence-electron chi connectivity index (χ4n) is 4.18. The molecular formula is C24H25ClN4O3. The largest absolute Gasteiger partial charge is 0.490 e. The lowest BCUT2D eigenvalue weighted by Crippen LogP contribution is -2.47. The van der Waals surface area contributed by atoms with Gasteiger partial charge in [-0.05, 0) is 56.0 Å². The Kier molecular flexibility index (Phi) is 6.93. The molecule has 3 atom stereocenters. The monoisotopic (exact) mass is 452 g/mol. The van der Waals surface area contributed by atoms with Crippen molar-refractivity contribution in [3.05, 3.63) is 59.1 Å². The molecule has 0 aromatic heterocycles.